The van der Waals surface area contributed by atoms with Gasteiger partial charge in [-0.1, -0.05) is 42.5 Å². The molecule has 3 N–H and O–H groups in total. The van der Waals surface area contributed by atoms with E-state index < -0.39 is 5.97 Å². The van der Waals surface area contributed by atoms with Crippen LogP contribution in [0.15, 0.2) is 71.3 Å². The van der Waals surface area contributed by atoms with Crippen molar-refractivity contribution < 1.29 is 23.4 Å². The second-order valence-electron chi connectivity index (χ2n) is 6.92. The molecule has 0 aliphatic heterocycles. The fourth-order valence-corrected chi connectivity index (χ4v) is 3.43. The minimum Gasteiger partial charge on any atom is -0.488 e. The van der Waals surface area contributed by atoms with Crippen LogP contribution in [0.1, 0.15) is 16.7 Å². The van der Waals surface area contributed by atoms with Gasteiger partial charge in [-0.15, -0.1) is 0 Å². The minimum atomic E-state index is -0.925. The first-order chi connectivity index (χ1) is 14.6. The van der Waals surface area contributed by atoms with Crippen LogP contribution in [-0.2, 0) is 24.4 Å². The van der Waals surface area contributed by atoms with Gasteiger partial charge in [0, 0.05) is 34.2 Å². The summed E-state index contributed by atoms with van der Waals surface area (Å²) >= 11 is 0. The van der Waals surface area contributed by atoms with Gasteiger partial charge < -0.3 is 20.0 Å². The lowest BCUT2D eigenvalue weighted by molar-refractivity contribution is -0.136. The van der Waals surface area contributed by atoms with Crippen molar-refractivity contribution in [2.45, 2.75) is 19.6 Å². The number of hydrogen-bond acceptors (Lipinski definition) is 4. The van der Waals surface area contributed by atoms with Crippen molar-refractivity contribution in [3.05, 3.63) is 89.4 Å². The highest BCUT2D eigenvalue weighted by molar-refractivity contribution is 5.86. The number of aliphatic carboxylic acids is 1. The zero-order valence-corrected chi connectivity index (χ0v) is 16.1. The van der Waals surface area contributed by atoms with E-state index in [1.807, 2.05) is 6.07 Å². The van der Waals surface area contributed by atoms with Crippen LogP contribution in [0.4, 0.5) is 4.39 Å². The lowest BCUT2D eigenvalue weighted by Gasteiger charge is -2.10. The molecule has 0 spiro atoms. The van der Waals surface area contributed by atoms with Crippen LogP contribution in [0, 0.1) is 5.82 Å². The molecule has 0 unspecified atom stereocenters. The topological polar surface area (TPSA) is 85.7 Å². The molecule has 0 aliphatic carbocycles. The fourth-order valence-electron chi connectivity index (χ4n) is 3.43. The van der Waals surface area contributed by atoms with Crippen molar-refractivity contribution in [2.75, 3.05) is 0 Å². The van der Waals surface area contributed by atoms with E-state index in [4.69, 9.17) is 20.0 Å². The van der Waals surface area contributed by atoms with E-state index in [0.717, 1.165) is 10.9 Å². The summed E-state index contributed by atoms with van der Waals surface area (Å²) in [6, 6.07) is 17.6. The van der Waals surface area contributed by atoms with Gasteiger partial charge in [-0.05, 0) is 23.8 Å². The number of carboxylic acids is 1. The van der Waals surface area contributed by atoms with E-state index in [9.17, 15) is 9.18 Å². The van der Waals surface area contributed by atoms with E-state index in [-0.39, 0.29) is 25.4 Å². The molecule has 30 heavy (non-hydrogen) atoms. The molecule has 0 aliphatic rings. The summed E-state index contributed by atoms with van der Waals surface area (Å²) < 4.78 is 26.2. The summed E-state index contributed by atoms with van der Waals surface area (Å²) in [5.74, 6) is -0.749. The van der Waals surface area contributed by atoms with Crippen molar-refractivity contribution in [2.24, 2.45) is 5.73 Å². The summed E-state index contributed by atoms with van der Waals surface area (Å²) in [5, 5.41) is 9.88. The van der Waals surface area contributed by atoms with Gasteiger partial charge in [0.05, 0.1) is 12.7 Å². The molecule has 4 rings (SSSR count). The quantitative estimate of drug-likeness (QED) is 0.457. The number of ether oxygens (including phenoxy) is 1. The first-order valence-corrected chi connectivity index (χ1v) is 9.47. The Morgan fingerprint density at radius 2 is 1.83 bits per heavy atom. The molecule has 6 heteroatoms. The Morgan fingerprint density at radius 1 is 1.03 bits per heavy atom. The molecule has 0 atom stereocenters. The third-order valence-corrected chi connectivity index (χ3v) is 4.96. The van der Waals surface area contributed by atoms with Crippen LogP contribution < -0.4 is 10.5 Å². The Kier molecular flexibility index (Phi) is 5.50. The molecule has 4 aromatic rings. The van der Waals surface area contributed by atoms with Gasteiger partial charge in [0.2, 0.25) is 0 Å². The number of para-hydroxylation sites is 1. The molecular weight excluding hydrogens is 385 g/mol. The van der Waals surface area contributed by atoms with Gasteiger partial charge in [-0.2, -0.15) is 0 Å². The Morgan fingerprint density at radius 3 is 2.63 bits per heavy atom. The van der Waals surface area contributed by atoms with E-state index in [1.54, 1.807) is 60.9 Å². The van der Waals surface area contributed by atoms with E-state index in [0.29, 0.717) is 33.6 Å². The highest BCUT2D eigenvalue weighted by Crippen LogP contribution is 2.31. The zero-order valence-electron chi connectivity index (χ0n) is 16.1. The number of fused-ring (bicyclic) bond motifs is 1. The Balaban J connectivity index is 1.64. The van der Waals surface area contributed by atoms with Gasteiger partial charge in [0.15, 0.2) is 0 Å². The fraction of sp³-hybridized carbons (Fsp3) is 0.125. The molecule has 5 nitrogen and oxygen atoms in total. The van der Waals surface area contributed by atoms with Gasteiger partial charge in [0.1, 0.15) is 23.8 Å². The van der Waals surface area contributed by atoms with Gasteiger partial charge in [0.25, 0.3) is 0 Å². The molecule has 0 saturated carbocycles. The number of carboxylic acid groups (broad SMARTS) is 1. The second-order valence-corrected chi connectivity index (χ2v) is 6.92. The lowest BCUT2D eigenvalue weighted by Crippen LogP contribution is -2.04. The molecule has 0 radical (unpaired) electrons. The summed E-state index contributed by atoms with van der Waals surface area (Å²) in [6.07, 6.45) is 1.48. The van der Waals surface area contributed by atoms with Gasteiger partial charge in [-0.25, -0.2) is 4.39 Å². The monoisotopic (exact) mass is 405 g/mol. The van der Waals surface area contributed by atoms with E-state index in [1.165, 1.54) is 0 Å². The predicted molar refractivity (Wildman–Crippen MR) is 112 cm³/mol. The van der Waals surface area contributed by atoms with Crippen molar-refractivity contribution in [1.82, 2.24) is 0 Å². The average molecular weight is 405 g/mol. The molecule has 152 valence electrons. The number of benzene rings is 3. The Bertz CT molecular complexity index is 1220. The molecule has 0 saturated heterocycles. The van der Waals surface area contributed by atoms with Gasteiger partial charge >= 0.3 is 5.97 Å². The summed E-state index contributed by atoms with van der Waals surface area (Å²) in [7, 11) is 0. The summed E-state index contributed by atoms with van der Waals surface area (Å²) in [4.78, 5) is 11.1. The highest BCUT2D eigenvalue weighted by Gasteiger charge is 2.14. The molecule has 1 heterocycles. The molecule has 0 amide bonds. The normalized spacial score (nSPS) is 11.0. The van der Waals surface area contributed by atoms with Crippen LogP contribution in [0.5, 0.6) is 5.75 Å². The number of furan rings is 1. The third-order valence-electron chi connectivity index (χ3n) is 4.96. The van der Waals surface area contributed by atoms with Gasteiger partial charge in [-0.3, -0.25) is 4.79 Å². The maximum absolute atomic E-state index is 14.7. The molecule has 3 aromatic carbocycles. The van der Waals surface area contributed by atoms with Crippen LogP contribution in [0.3, 0.4) is 0 Å². The molecule has 0 bridgehead atoms. The van der Waals surface area contributed by atoms with Crippen LogP contribution in [0.2, 0.25) is 0 Å². The van der Waals surface area contributed by atoms with Crippen LogP contribution in [-0.4, -0.2) is 11.1 Å². The average Bonchev–Trinajstić information content (AvgIpc) is 3.15. The van der Waals surface area contributed by atoms with E-state index >= 15 is 0 Å². The molecule has 1 aromatic heterocycles. The second kappa shape index (κ2) is 8.39. The van der Waals surface area contributed by atoms with E-state index in [2.05, 4.69) is 0 Å². The van der Waals surface area contributed by atoms with Crippen molar-refractivity contribution >= 4 is 16.9 Å². The molecule has 0 fully saturated rings. The summed E-state index contributed by atoms with van der Waals surface area (Å²) in [6.45, 7) is 0.320. The van der Waals surface area contributed by atoms with Crippen LogP contribution >= 0.6 is 0 Å². The smallest absolute Gasteiger partial charge is 0.307 e. The summed E-state index contributed by atoms with van der Waals surface area (Å²) in [5.41, 5.74) is 9.31. The Labute approximate surface area is 172 Å². The highest BCUT2D eigenvalue weighted by atomic mass is 19.1. The number of rotatable bonds is 7. The maximum Gasteiger partial charge on any atom is 0.307 e. The standard InChI is InChI=1S/C24H20FNO4/c25-24-17(12-26)5-3-6-19(24)15-8-9-22-20(10-15)18(14-30-22)13-29-21-7-2-1-4-16(21)11-23(27)28/h1-10,14H,11-13,26H2,(H,27,28). The number of halogens is 1. The van der Waals surface area contributed by atoms with Crippen molar-refractivity contribution in [3.8, 4) is 16.9 Å². The zero-order chi connectivity index (χ0) is 21.1. The third kappa shape index (κ3) is 3.90. The number of carbonyl (C=O) groups is 1. The van der Waals surface area contributed by atoms with Crippen molar-refractivity contribution in [1.29, 1.82) is 0 Å². The maximum atomic E-state index is 14.7. The largest absolute Gasteiger partial charge is 0.488 e. The number of nitrogens with two attached hydrogens (primary N) is 1. The predicted octanol–water partition coefficient (Wildman–Crippen LogP) is 4.90. The minimum absolute atomic E-state index is 0.122. The first kappa shape index (κ1) is 19.7. The van der Waals surface area contributed by atoms with Crippen molar-refractivity contribution in [3.63, 3.8) is 0 Å². The van der Waals surface area contributed by atoms with Crippen LogP contribution in [0.25, 0.3) is 22.1 Å². The molecular formula is C24H20FNO4. The lowest BCUT2D eigenvalue weighted by atomic mass is 10.00. The number of hydrogen-bond donors (Lipinski definition) is 2. The Hall–Kier alpha value is -3.64. The first-order valence-electron chi connectivity index (χ1n) is 9.47. The SMILES string of the molecule is NCc1cccc(-c2ccc3occ(COc4ccccc4CC(=O)O)c3c2)c1F.